The minimum Gasteiger partial charge on any atom is -0.384 e. The minimum absolute atomic E-state index is 0.187. The fourth-order valence-electron chi connectivity index (χ4n) is 1.55. The molecule has 1 heterocycles. The molecule has 2 rings (SSSR count). The maximum atomic E-state index is 13.1. The Morgan fingerprint density at radius 3 is 2.78 bits per heavy atom. The van der Waals surface area contributed by atoms with E-state index in [1.807, 2.05) is 0 Å². The zero-order valence-corrected chi connectivity index (χ0v) is 11.4. The molecule has 0 aliphatic rings. The number of hydrogen-bond acceptors (Lipinski definition) is 3. The highest BCUT2D eigenvalue weighted by Gasteiger charge is 2.16. The highest BCUT2D eigenvalue weighted by molar-refractivity contribution is 9.10. The highest BCUT2D eigenvalue weighted by Crippen LogP contribution is 2.29. The van der Waals surface area contributed by atoms with Gasteiger partial charge in [0.15, 0.2) is 0 Å². The molecule has 3 N–H and O–H groups in total. The summed E-state index contributed by atoms with van der Waals surface area (Å²) in [6.45, 7) is 0. The summed E-state index contributed by atoms with van der Waals surface area (Å²) in [5.74, 6) is -0.213. The van der Waals surface area contributed by atoms with Crippen LogP contribution in [0.15, 0.2) is 34.9 Å². The monoisotopic (exact) mass is 330 g/mol. The Labute approximate surface area is 117 Å². The number of hydrogen-bond donors (Lipinski definition) is 2. The lowest BCUT2D eigenvalue weighted by Crippen LogP contribution is -2.05. The number of nitrogens with two attached hydrogens (primary N) is 1. The summed E-state index contributed by atoms with van der Waals surface area (Å²) in [5, 5.41) is 10.6. The summed E-state index contributed by atoms with van der Waals surface area (Å²) in [7, 11) is 0. The average molecular weight is 332 g/mol. The van der Waals surface area contributed by atoms with Gasteiger partial charge in [-0.15, -0.1) is 0 Å². The van der Waals surface area contributed by atoms with Crippen LogP contribution in [0.25, 0.3) is 0 Å². The number of nitrogens with zero attached hydrogens (tertiary/aromatic N) is 1. The standard InChI is InChI=1S/C12H9BrClFN2O/c13-9-3-6(1-2-10(9)15)11(18)8-4-7(14)5-17-12(8)16/h1-5,11,18H,(H2,16,17). The van der Waals surface area contributed by atoms with Crippen molar-refractivity contribution in [3.8, 4) is 0 Å². The van der Waals surface area contributed by atoms with E-state index in [0.717, 1.165) is 0 Å². The summed E-state index contributed by atoms with van der Waals surface area (Å²) in [6, 6.07) is 5.76. The van der Waals surface area contributed by atoms with Crippen LogP contribution < -0.4 is 5.73 Å². The number of nitrogen functional groups attached to an aromatic ring is 1. The van der Waals surface area contributed by atoms with Gasteiger partial charge >= 0.3 is 0 Å². The van der Waals surface area contributed by atoms with E-state index in [9.17, 15) is 9.50 Å². The number of anilines is 1. The van der Waals surface area contributed by atoms with Crippen molar-refractivity contribution in [3.63, 3.8) is 0 Å². The molecule has 18 heavy (non-hydrogen) atoms. The fourth-order valence-corrected chi connectivity index (χ4v) is 2.11. The summed E-state index contributed by atoms with van der Waals surface area (Å²) in [4.78, 5) is 3.87. The third-order valence-electron chi connectivity index (χ3n) is 2.47. The third-order valence-corrected chi connectivity index (χ3v) is 3.28. The summed E-state index contributed by atoms with van der Waals surface area (Å²) in [5.41, 5.74) is 6.57. The highest BCUT2D eigenvalue weighted by atomic mass is 79.9. The van der Waals surface area contributed by atoms with E-state index in [1.165, 1.54) is 30.5 Å². The fraction of sp³-hybridized carbons (Fsp3) is 0.0833. The van der Waals surface area contributed by atoms with Crippen molar-refractivity contribution in [2.24, 2.45) is 0 Å². The van der Waals surface area contributed by atoms with E-state index >= 15 is 0 Å². The number of pyridine rings is 1. The second kappa shape index (κ2) is 5.22. The first kappa shape index (κ1) is 13.3. The minimum atomic E-state index is -1.01. The molecule has 0 saturated heterocycles. The van der Waals surface area contributed by atoms with Crippen LogP contribution in [-0.2, 0) is 0 Å². The first-order chi connectivity index (χ1) is 8.49. The molecule has 1 aromatic heterocycles. The van der Waals surface area contributed by atoms with Gasteiger partial charge < -0.3 is 10.8 Å². The quantitative estimate of drug-likeness (QED) is 0.887. The number of rotatable bonds is 2. The van der Waals surface area contributed by atoms with Gasteiger partial charge in [-0.1, -0.05) is 17.7 Å². The van der Waals surface area contributed by atoms with E-state index < -0.39 is 11.9 Å². The molecule has 0 spiro atoms. The number of aromatic nitrogens is 1. The van der Waals surface area contributed by atoms with Crippen molar-refractivity contribution in [1.82, 2.24) is 4.98 Å². The van der Waals surface area contributed by atoms with Crippen LogP contribution >= 0.6 is 27.5 Å². The van der Waals surface area contributed by atoms with Crippen LogP contribution in [-0.4, -0.2) is 10.1 Å². The van der Waals surface area contributed by atoms with Gasteiger partial charge in [0.1, 0.15) is 17.7 Å². The molecule has 0 aliphatic heterocycles. The Morgan fingerprint density at radius 1 is 1.39 bits per heavy atom. The number of benzene rings is 1. The Balaban J connectivity index is 2.44. The summed E-state index contributed by atoms with van der Waals surface area (Å²) >= 11 is 8.87. The molecule has 0 radical (unpaired) electrons. The maximum absolute atomic E-state index is 13.1. The van der Waals surface area contributed by atoms with E-state index in [1.54, 1.807) is 0 Å². The molecule has 2 aromatic rings. The lowest BCUT2D eigenvalue weighted by Gasteiger charge is -2.14. The van der Waals surface area contributed by atoms with Crippen LogP contribution in [0.5, 0.6) is 0 Å². The van der Waals surface area contributed by atoms with E-state index in [-0.39, 0.29) is 10.3 Å². The number of halogens is 3. The lowest BCUT2D eigenvalue weighted by atomic mass is 10.0. The molecule has 0 amide bonds. The van der Waals surface area contributed by atoms with Gasteiger partial charge in [0, 0.05) is 11.8 Å². The first-order valence-electron chi connectivity index (χ1n) is 5.03. The first-order valence-corrected chi connectivity index (χ1v) is 6.20. The molecule has 1 unspecified atom stereocenters. The smallest absolute Gasteiger partial charge is 0.137 e. The molecule has 0 saturated carbocycles. The van der Waals surface area contributed by atoms with Gasteiger partial charge in [-0.3, -0.25) is 0 Å². The number of aliphatic hydroxyl groups excluding tert-OH is 1. The molecular formula is C12H9BrClFN2O. The van der Waals surface area contributed by atoms with Crippen molar-refractivity contribution < 1.29 is 9.50 Å². The Morgan fingerprint density at radius 2 is 2.11 bits per heavy atom. The SMILES string of the molecule is Nc1ncc(Cl)cc1C(O)c1ccc(F)c(Br)c1. The normalized spacial score (nSPS) is 12.4. The second-order valence-corrected chi connectivity index (χ2v) is 4.99. The Bertz CT molecular complexity index is 594. The van der Waals surface area contributed by atoms with Gasteiger partial charge in [0.2, 0.25) is 0 Å². The zero-order chi connectivity index (χ0) is 13.3. The molecule has 3 nitrogen and oxygen atoms in total. The van der Waals surface area contributed by atoms with E-state index in [0.29, 0.717) is 16.1 Å². The largest absolute Gasteiger partial charge is 0.384 e. The van der Waals surface area contributed by atoms with Gasteiger partial charge in [-0.25, -0.2) is 9.37 Å². The van der Waals surface area contributed by atoms with Crippen molar-refractivity contribution in [1.29, 1.82) is 0 Å². The molecule has 6 heteroatoms. The van der Waals surface area contributed by atoms with Crippen molar-refractivity contribution >= 4 is 33.3 Å². The van der Waals surface area contributed by atoms with E-state index in [4.69, 9.17) is 17.3 Å². The molecule has 0 aliphatic carbocycles. The van der Waals surface area contributed by atoms with Crippen LogP contribution in [0.1, 0.15) is 17.2 Å². The van der Waals surface area contributed by atoms with Crippen molar-refractivity contribution in [2.45, 2.75) is 6.10 Å². The van der Waals surface area contributed by atoms with Gasteiger partial charge in [-0.05, 0) is 39.7 Å². The Kier molecular flexibility index (Phi) is 3.85. The number of aliphatic hydroxyl groups is 1. The summed E-state index contributed by atoms with van der Waals surface area (Å²) in [6.07, 6.45) is 0.390. The third kappa shape index (κ3) is 2.63. The van der Waals surface area contributed by atoms with Gasteiger partial charge in [0.05, 0.1) is 9.50 Å². The van der Waals surface area contributed by atoms with E-state index in [2.05, 4.69) is 20.9 Å². The predicted octanol–water partition coefficient (Wildman–Crippen LogP) is 3.30. The lowest BCUT2D eigenvalue weighted by molar-refractivity contribution is 0.220. The zero-order valence-electron chi connectivity index (χ0n) is 9.07. The Hall–Kier alpha value is -1.17. The topological polar surface area (TPSA) is 59.1 Å². The van der Waals surface area contributed by atoms with Crippen LogP contribution in [0.2, 0.25) is 5.02 Å². The average Bonchev–Trinajstić information content (AvgIpc) is 2.35. The van der Waals surface area contributed by atoms with Crippen LogP contribution in [0, 0.1) is 5.82 Å². The summed E-state index contributed by atoms with van der Waals surface area (Å²) < 4.78 is 13.4. The molecule has 1 atom stereocenters. The molecule has 0 bridgehead atoms. The molecular weight excluding hydrogens is 322 g/mol. The maximum Gasteiger partial charge on any atom is 0.137 e. The molecule has 0 fully saturated rings. The van der Waals surface area contributed by atoms with Crippen LogP contribution in [0.4, 0.5) is 10.2 Å². The van der Waals surface area contributed by atoms with Crippen molar-refractivity contribution in [3.05, 3.63) is 56.9 Å². The van der Waals surface area contributed by atoms with Crippen LogP contribution in [0.3, 0.4) is 0 Å². The molecule has 94 valence electrons. The predicted molar refractivity (Wildman–Crippen MR) is 71.8 cm³/mol. The molecule has 1 aromatic carbocycles. The second-order valence-electron chi connectivity index (χ2n) is 3.70. The van der Waals surface area contributed by atoms with Gasteiger partial charge in [0.25, 0.3) is 0 Å². The van der Waals surface area contributed by atoms with Gasteiger partial charge in [-0.2, -0.15) is 0 Å². The van der Waals surface area contributed by atoms with Crippen molar-refractivity contribution in [2.75, 3.05) is 5.73 Å².